The Labute approximate surface area is 656 Å². The van der Waals surface area contributed by atoms with Gasteiger partial charge in [-0.15, -0.1) is 11.8 Å². The molecule has 0 bridgehead atoms. The standard InChI is InChI=1S/C87H114FN3O16SSi2/c1-10-11-12-13-14-36-51-108-87-75(90-91-89)79(97-56-68-43-28-18-29-44-68)77(74(102-87)60-95-54-66-39-24-16-25-40-66)104-86-83(103-84(93)71-49-34-21-35-50-71)81(78(72(52-92)100-86)106-110(63(6)7,64(8)9)107-109(88,61(2)3)62(4)5)105-85-82(99-58-70-47-32-20-33-48-70)80(98-57-69-45-30-19-31-46-69)76(96-55-67-41-26-17-27-42-67)73(101-85)59-94-53-65-37-22-15-23-38-65/h15-35,37-50,61-64,72-83,85-87,92H,10-14,36,51-60H2,1-9H3/t72-,73-,74-,75-,76+,77-,78+,79-,80+,81+,82-,83-,85-,86-,87-/m1/s1. The molecule has 7 aromatic carbocycles. The van der Waals surface area contributed by atoms with Crippen LogP contribution < -0.4 is 0 Å². The fourth-order valence-corrected chi connectivity index (χ4v) is 25.5. The van der Waals surface area contributed by atoms with Gasteiger partial charge in [-0.2, -0.15) is 0 Å². The molecule has 0 spiro atoms. The van der Waals surface area contributed by atoms with Crippen molar-refractivity contribution in [2.45, 2.75) is 254 Å². The molecule has 19 nitrogen and oxygen atoms in total. The summed E-state index contributed by atoms with van der Waals surface area (Å²) < 4.78 is 121. The summed E-state index contributed by atoms with van der Waals surface area (Å²) in [5, 5.41) is 17.0. The summed E-state index contributed by atoms with van der Waals surface area (Å²) in [4.78, 5) is 19.1. The minimum Gasteiger partial charge on any atom is -0.450 e. The van der Waals surface area contributed by atoms with Crippen molar-refractivity contribution in [2.24, 2.45) is 5.11 Å². The van der Waals surface area contributed by atoms with Crippen LogP contribution in [-0.4, -0.2) is 145 Å². The van der Waals surface area contributed by atoms with Crippen molar-refractivity contribution in [3.63, 3.8) is 0 Å². The number of azide groups is 1. The molecule has 0 radical (unpaired) electrons. The van der Waals surface area contributed by atoms with Crippen LogP contribution in [0.2, 0.25) is 22.2 Å². The molecule has 0 aromatic heterocycles. The molecule has 0 amide bonds. The smallest absolute Gasteiger partial charge is 0.380 e. The molecule has 3 aliphatic heterocycles. The van der Waals surface area contributed by atoms with Gasteiger partial charge in [0.15, 0.2) is 18.7 Å². The second-order valence-electron chi connectivity index (χ2n) is 29.9. The number of hydrogen-bond donors (Lipinski definition) is 1. The Hall–Kier alpha value is -6.53. The van der Waals surface area contributed by atoms with Crippen LogP contribution in [0.3, 0.4) is 0 Å². The van der Waals surface area contributed by atoms with E-state index in [2.05, 4.69) is 16.9 Å². The zero-order chi connectivity index (χ0) is 77.7. The van der Waals surface area contributed by atoms with Crippen LogP contribution in [0.15, 0.2) is 217 Å². The number of rotatable bonds is 44. The van der Waals surface area contributed by atoms with Gasteiger partial charge in [0.1, 0.15) is 66.4 Å². The van der Waals surface area contributed by atoms with E-state index in [1.54, 1.807) is 42.1 Å². The van der Waals surface area contributed by atoms with Crippen LogP contribution in [0.1, 0.15) is 145 Å². The van der Waals surface area contributed by atoms with E-state index in [0.717, 1.165) is 71.9 Å². The van der Waals surface area contributed by atoms with E-state index in [1.807, 2.05) is 237 Å². The zero-order valence-electron chi connectivity index (χ0n) is 65.2. The first-order valence-corrected chi connectivity index (χ1v) is 44.2. The SMILES string of the molecule is CCCCCCCCS[C@H]1O[C@H](COCc2ccccc2)[C@@H](O[C@H]2O[C@H](CO)[C@H](O[Si](O[Si](F)(C(C)C)C(C)C)(C(C)C)C(C)C)[C@H](O[C@H]3O[C@H](COCc4ccccc4)[C@H](OCc4ccccc4)[C@H](OCc4ccccc4)[C@H]3OCc3ccccc3)[C@H]2OC(=O)c2ccccc2)[C@H](OCc2ccccc2)[C@H]1N=[N+]=[N-]. The topological polar surface area (TPSA) is 215 Å². The van der Waals surface area contributed by atoms with E-state index >= 15 is 8.90 Å². The summed E-state index contributed by atoms with van der Waals surface area (Å²) in [5.41, 5.74) is 13.4. The number of carbonyl (C=O) groups excluding carboxylic acids is 1. The van der Waals surface area contributed by atoms with Gasteiger partial charge in [-0.3, -0.25) is 4.11 Å². The van der Waals surface area contributed by atoms with Gasteiger partial charge in [0.05, 0.1) is 71.1 Å². The van der Waals surface area contributed by atoms with Crippen molar-refractivity contribution >= 4 is 34.9 Å². The summed E-state index contributed by atoms with van der Waals surface area (Å²) in [7, 11) is -8.35. The Morgan fingerprint density at radius 2 is 0.873 bits per heavy atom. The molecule has 0 saturated carbocycles. The van der Waals surface area contributed by atoms with Crippen molar-refractivity contribution in [2.75, 3.05) is 25.6 Å². The number of ether oxygens (including phenoxy) is 12. The number of hydrogen-bond acceptors (Lipinski definition) is 18. The highest BCUT2D eigenvalue weighted by atomic mass is 32.2. The Balaban J connectivity index is 1.17. The van der Waals surface area contributed by atoms with Crippen LogP contribution in [0, 0.1) is 0 Å². The first-order valence-electron chi connectivity index (χ1n) is 39.2. The van der Waals surface area contributed by atoms with Gasteiger partial charge in [-0.25, -0.2) is 4.79 Å². The van der Waals surface area contributed by atoms with E-state index in [-0.39, 0.29) is 58.4 Å². The molecule has 3 heterocycles. The molecule has 0 aliphatic carbocycles. The average molecular weight is 1570 g/mol. The molecule has 0 unspecified atom stereocenters. The third kappa shape index (κ3) is 24.0. The van der Waals surface area contributed by atoms with Gasteiger partial charge in [-0.1, -0.05) is 300 Å². The predicted molar refractivity (Wildman–Crippen MR) is 428 cm³/mol. The average Bonchev–Trinajstić information content (AvgIpc) is 0.746. The van der Waals surface area contributed by atoms with E-state index in [0.29, 0.717) is 5.75 Å². The number of halogens is 1. The van der Waals surface area contributed by atoms with Gasteiger partial charge >= 0.3 is 23.2 Å². The van der Waals surface area contributed by atoms with E-state index < -0.39 is 143 Å². The number of esters is 1. The molecule has 594 valence electrons. The second kappa shape index (κ2) is 44.2. The maximum absolute atomic E-state index is 18.6. The van der Waals surface area contributed by atoms with Crippen LogP contribution in [-0.2, 0) is 105 Å². The third-order valence-corrected chi connectivity index (χ3v) is 31.3. The van der Waals surface area contributed by atoms with Gasteiger partial charge in [0.25, 0.3) is 0 Å². The Bertz CT molecular complexity index is 3770. The van der Waals surface area contributed by atoms with Crippen molar-refractivity contribution in [3.8, 4) is 0 Å². The number of aliphatic hydroxyl groups excluding tert-OH is 1. The number of carbonyl (C=O) groups is 1. The molecule has 3 saturated heterocycles. The molecular weight excluding hydrogens is 1450 g/mol. The van der Waals surface area contributed by atoms with Crippen LogP contribution in [0.25, 0.3) is 10.4 Å². The van der Waals surface area contributed by atoms with Gasteiger partial charge < -0.3 is 70.5 Å². The quantitative estimate of drug-likeness (QED) is 0.00714. The lowest BCUT2D eigenvalue weighted by atomic mass is 9.95. The predicted octanol–water partition coefficient (Wildman–Crippen LogP) is 18.6. The van der Waals surface area contributed by atoms with Crippen molar-refractivity contribution in [3.05, 3.63) is 262 Å². The zero-order valence-corrected chi connectivity index (χ0v) is 68.0. The molecule has 10 rings (SSSR count). The highest BCUT2D eigenvalue weighted by molar-refractivity contribution is 7.99. The molecule has 1 N–H and O–H groups in total. The molecule has 3 aliphatic rings. The highest BCUT2D eigenvalue weighted by Gasteiger charge is 2.63. The van der Waals surface area contributed by atoms with Gasteiger partial charge in [-0.05, 0) is 74.3 Å². The van der Waals surface area contributed by atoms with Crippen molar-refractivity contribution < 1.29 is 79.4 Å². The Morgan fingerprint density at radius 3 is 1.33 bits per heavy atom. The molecular formula is C87H114FN3O16SSi2. The molecule has 7 aromatic rings. The van der Waals surface area contributed by atoms with Crippen LogP contribution in [0.5, 0.6) is 0 Å². The lowest BCUT2D eigenvalue weighted by Crippen LogP contribution is -2.70. The fourth-order valence-electron chi connectivity index (χ4n) is 14.5. The minimum absolute atomic E-state index is 0.0220. The lowest BCUT2D eigenvalue weighted by molar-refractivity contribution is -0.378. The Morgan fingerprint density at radius 1 is 0.473 bits per heavy atom. The first-order chi connectivity index (χ1) is 53.5. The number of aliphatic hydroxyl groups is 1. The first kappa shape index (κ1) is 85.9. The van der Waals surface area contributed by atoms with Crippen molar-refractivity contribution in [1.82, 2.24) is 0 Å². The van der Waals surface area contributed by atoms with E-state index in [4.69, 9.17) is 65.4 Å². The monoisotopic (exact) mass is 1560 g/mol. The van der Waals surface area contributed by atoms with Crippen LogP contribution >= 0.6 is 11.8 Å². The summed E-state index contributed by atoms with van der Waals surface area (Å²) >= 11 is 1.54. The fraction of sp³-hybridized carbons (Fsp3) is 0.506. The second-order valence-corrected chi connectivity index (χ2v) is 39.6. The van der Waals surface area contributed by atoms with Gasteiger partial charge in [0.2, 0.25) is 0 Å². The van der Waals surface area contributed by atoms with Gasteiger partial charge in [0, 0.05) is 16.0 Å². The minimum atomic E-state index is -4.26. The summed E-state index contributed by atoms with van der Waals surface area (Å²) in [6.07, 6.45) is -10.7. The Kier molecular flexibility index (Phi) is 34.5. The van der Waals surface area contributed by atoms with Crippen molar-refractivity contribution in [1.29, 1.82) is 0 Å². The summed E-state index contributed by atoms with van der Waals surface area (Å²) in [6.45, 7) is 17.2. The largest absolute Gasteiger partial charge is 0.450 e. The lowest BCUT2D eigenvalue weighted by Gasteiger charge is -2.53. The molecule has 15 atom stereocenters. The third-order valence-electron chi connectivity index (χ3n) is 20.5. The maximum Gasteiger partial charge on any atom is 0.380 e. The highest BCUT2D eigenvalue weighted by Crippen LogP contribution is 2.48. The normalized spacial score (nSPS) is 24.6. The maximum atomic E-state index is 18.6. The van der Waals surface area contributed by atoms with Crippen LogP contribution in [0.4, 0.5) is 4.11 Å². The molecule has 110 heavy (non-hydrogen) atoms. The number of unbranched alkanes of at least 4 members (excludes halogenated alkanes) is 5. The number of thioether (sulfide) groups is 1. The van der Waals surface area contributed by atoms with E-state index in [9.17, 15) is 10.6 Å². The summed E-state index contributed by atoms with van der Waals surface area (Å²) in [6, 6.07) is 66.0. The number of nitrogens with zero attached hydrogens (tertiary/aromatic N) is 3. The number of benzene rings is 7. The van der Waals surface area contributed by atoms with E-state index in [1.165, 1.54) is 0 Å². The molecule has 23 heteroatoms. The molecule has 3 fully saturated rings. The summed E-state index contributed by atoms with van der Waals surface area (Å²) in [5.74, 6) is -0.126.